The lowest BCUT2D eigenvalue weighted by Crippen LogP contribution is -2.41. The first kappa shape index (κ1) is 18.9. The zero-order valence-electron chi connectivity index (χ0n) is 15.7. The van der Waals surface area contributed by atoms with E-state index in [-0.39, 0.29) is 5.56 Å². The number of ether oxygens (including phenoxy) is 2. The third-order valence-corrected chi connectivity index (χ3v) is 5.05. The van der Waals surface area contributed by atoms with Gasteiger partial charge in [-0.15, -0.1) is 0 Å². The number of hydrogen-bond acceptors (Lipinski definition) is 5. The Balaban J connectivity index is 1.58. The maximum Gasteiger partial charge on any atom is 0.325 e. The van der Waals surface area contributed by atoms with Gasteiger partial charge in [-0.3, -0.25) is 14.5 Å². The predicted octanol–water partition coefficient (Wildman–Crippen LogP) is 2.64. The fourth-order valence-electron chi connectivity index (χ4n) is 3.41. The largest absolute Gasteiger partial charge is 0.490 e. The molecule has 29 heavy (non-hydrogen) atoms. The summed E-state index contributed by atoms with van der Waals surface area (Å²) in [4.78, 5) is 38.8. The monoisotopic (exact) mass is 398 g/mol. The third-order valence-electron chi connectivity index (χ3n) is 5.05. The molecule has 150 valence electrons. The average Bonchev–Trinajstić information content (AvgIpc) is 2.86. The van der Waals surface area contributed by atoms with Crippen molar-refractivity contribution in [2.24, 2.45) is 0 Å². The Morgan fingerprint density at radius 2 is 1.90 bits per heavy atom. The molecular formula is C21H19FN2O5. The molecule has 2 aromatic carbocycles. The van der Waals surface area contributed by atoms with Gasteiger partial charge in [0.25, 0.3) is 5.91 Å². The average molecular weight is 398 g/mol. The maximum absolute atomic E-state index is 13.4. The molecule has 4 rings (SSSR count). The summed E-state index contributed by atoms with van der Waals surface area (Å²) in [6.45, 7) is 2.12. The molecule has 7 nitrogen and oxygen atoms in total. The Bertz CT molecular complexity index is 1010. The molecule has 0 saturated carbocycles. The highest BCUT2D eigenvalue weighted by atomic mass is 19.1. The summed E-state index contributed by atoms with van der Waals surface area (Å²) in [6.07, 6.45) is 0.743. The molecule has 1 N–H and O–H groups in total. The van der Waals surface area contributed by atoms with E-state index in [2.05, 4.69) is 5.32 Å². The number of amides is 3. The highest BCUT2D eigenvalue weighted by Gasteiger charge is 2.49. The van der Waals surface area contributed by atoms with Crippen molar-refractivity contribution >= 4 is 17.7 Å². The van der Waals surface area contributed by atoms with Crippen LogP contribution in [0.15, 0.2) is 42.5 Å². The van der Waals surface area contributed by atoms with E-state index in [1.807, 2.05) is 0 Å². The molecule has 2 aromatic rings. The van der Waals surface area contributed by atoms with E-state index in [4.69, 9.17) is 9.47 Å². The highest BCUT2D eigenvalue weighted by molar-refractivity contribution is 6.11. The van der Waals surface area contributed by atoms with Gasteiger partial charge in [-0.1, -0.05) is 18.2 Å². The number of Topliss-reactive ketones (excluding diaryl/α,β-unsaturated/α-hetero) is 1. The van der Waals surface area contributed by atoms with E-state index >= 15 is 0 Å². The molecular weight excluding hydrogens is 379 g/mol. The first-order chi connectivity index (χ1) is 13.9. The van der Waals surface area contributed by atoms with E-state index in [0.29, 0.717) is 30.3 Å². The summed E-state index contributed by atoms with van der Waals surface area (Å²) in [5.41, 5.74) is -0.750. The summed E-state index contributed by atoms with van der Waals surface area (Å²) in [6, 6.07) is 9.48. The highest BCUT2D eigenvalue weighted by Crippen LogP contribution is 2.36. The number of urea groups is 1. The standard InChI is InChI=1S/C21H19FN2O5/c1-21(14-6-7-17-18(11-14)29-9-3-8-28-17)19(26)24(20(27)23-21)12-16(25)13-4-2-5-15(22)10-13/h2,4-7,10-11H,3,8-9,12H2,1H3,(H,23,27)/t21-/m1/s1. The Morgan fingerprint density at radius 1 is 1.14 bits per heavy atom. The van der Waals surface area contributed by atoms with E-state index in [1.165, 1.54) is 18.2 Å². The first-order valence-corrected chi connectivity index (χ1v) is 9.21. The third kappa shape index (κ3) is 3.41. The number of benzene rings is 2. The number of nitrogens with zero attached hydrogens (tertiary/aromatic N) is 1. The van der Waals surface area contributed by atoms with Crippen LogP contribution in [0.3, 0.4) is 0 Å². The number of ketones is 1. The van der Waals surface area contributed by atoms with Gasteiger partial charge in [-0.25, -0.2) is 9.18 Å². The number of carbonyl (C=O) groups excluding carboxylic acids is 3. The zero-order chi connectivity index (χ0) is 20.6. The second-order valence-corrected chi connectivity index (χ2v) is 7.09. The van der Waals surface area contributed by atoms with Gasteiger partial charge in [0.15, 0.2) is 17.3 Å². The topological polar surface area (TPSA) is 84.9 Å². The number of carbonyl (C=O) groups is 3. The van der Waals surface area contributed by atoms with Gasteiger partial charge in [0.2, 0.25) is 0 Å². The van der Waals surface area contributed by atoms with Crippen LogP contribution < -0.4 is 14.8 Å². The predicted molar refractivity (Wildman–Crippen MR) is 100 cm³/mol. The van der Waals surface area contributed by atoms with Crippen LogP contribution in [-0.2, 0) is 10.3 Å². The van der Waals surface area contributed by atoms with Crippen molar-refractivity contribution in [3.05, 3.63) is 59.4 Å². The van der Waals surface area contributed by atoms with Crippen molar-refractivity contribution in [2.75, 3.05) is 19.8 Å². The van der Waals surface area contributed by atoms with Crippen molar-refractivity contribution in [3.63, 3.8) is 0 Å². The van der Waals surface area contributed by atoms with Crippen molar-refractivity contribution in [1.82, 2.24) is 10.2 Å². The molecule has 1 atom stereocenters. The van der Waals surface area contributed by atoms with Crippen LogP contribution in [0.2, 0.25) is 0 Å². The van der Waals surface area contributed by atoms with Crippen LogP contribution in [-0.4, -0.2) is 42.4 Å². The number of rotatable bonds is 4. The summed E-state index contributed by atoms with van der Waals surface area (Å²) in [7, 11) is 0. The summed E-state index contributed by atoms with van der Waals surface area (Å²) in [5.74, 6) is -0.593. The molecule has 0 aliphatic carbocycles. The minimum Gasteiger partial charge on any atom is -0.490 e. The number of imide groups is 1. The molecule has 2 aliphatic heterocycles. The minimum absolute atomic E-state index is 0.0924. The van der Waals surface area contributed by atoms with Crippen molar-refractivity contribution < 1.29 is 28.2 Å². The molecule has 0 unspecified atom stereocenters. The van der Waals surface area contributed by atoms with Gasteiger partial charge in [0, 0.05) is 12.0 Å². The SMILES string of the molecule is C[C@]1(c2ccc3c(c2)OCCCO3)NC(=O)N(CC(=O)c2cccc(F)c2)C1=O. The molecule has 2 heterocycles. The van der Waals surface area contributed by atoms with Gasteiger partial charge in [-0.05, 0) is 36.8 Å². The van der Waals surface area contributed by atoms with Crippen LogP contribution in [0.25, 0.3) is 0 Å². The Hall–Kier alpha value is -3.42. The first-order valence-electron chi connectivity index (χ1n) is 9.21. The molecule has 1 fully saturated rings. The second-order valence-electron chi connectivity index (χ2n) is 7.09. The maximum atomic E-state index is 13.4. The van der Waals surface area contributed by atoms with E-state index in [0.717, 1.165) is 17.4 Å². The molecule has 1 saturated heterocycles. The number of hydrogen-bond donors (Lipinski definition) is 1. The Labute approximate surface area is 166 Å². The molecule has 2 aliphatic rings. The van der Waals surface area contributed by atoms with E-state index in [1.54, 1.807) is 25.1 Å². The molecule has 0 bridgehead atoms. The Kier molecular flexibility index (Phi) is 4.70. The fraction of sp³-hybridized carbons (Fsp3) is 0.286. The van der Waals surface area contributed by atoms with Gasteiger partial charge in [0.1, 0.15) is 11.4 Å². The summed E-state index contributed by atoms with van der Waals surface area (Å²) < 4.78 is 24.6. The van der Waals surface area contributed by atoms with Crippen molar-refractivity contribution in [1.29, 1.82) is 0 Å². The number of nitrogens with one attached hydrogen (secondary N) is 1. The number of halogens is 1. The van der Waals surface area contributed by atoms with Crippen LogP contribution in [0.1, 0.15) is 29.3 Å². The minimum atomic E-state index is -1.36. The van der Waals surface area contributed by atoms with E-state index in [9.17, 15) is 18.8 Å². The number of fused-ring (bicyclic) bond motifs is 1. The van der Waals surface area contributed by atoms with Gasteiger partial charge < -0.3 is 14.8 Å². The van der Waals surface area contributed by atoms with E-state index < -0.39 is 35.6 Å². The zero-order valence-corrected chi connectivity index (χ0v) is 15.7. The van der Waals surface area contributed by atoms with Crippen LogP contribution >= 0.6 is 0 Å². The van der Waals surface area contributed by atoms with Crippen LogP contribution in [0, 0.1) is 5.82 Å². The molecule has 0 radical (unpaired) electrons. The van der Waals surface area contributed by atoms with Gasteiger partial charge in [0.05, 0.1) is 19.8 Å². The lowest BCUT2D eigenvalue weighted by Gasteiger charge is -2.23. The van der Waals surface area contributed by atoms with Crippen LogP contribution in [0.4, 0.5) is 9.18 Å². The molecule has 0 spiro atoms. The second kappa shape index (κ2) is 7.20. The van der Waals surface area contributed by atoms with Crippen molar-refractivity contribution in [3.8, 4) is 11.5 Å². The van der Waals surface area contributed by atoms with Crippen molar-refractivity contribution in [2.45, 2.75) is 18.9 Å². The lowest BCUT2D eigenvalue weighted by molar-refractivity contribution is -0.130. The lowest BCUT2D eigenvalue weighted by atomic mass is 9.91. The molecule has 3 amide bonds. The molecule has 0 aromatic heterocycles. The van der Waals surface area contributed by atoms with Gasteiger partial charge in [-0.2, -0.15) is 0 Å². The smallest absolute Gasteiger partial charge is 0.325 e. The normalized spacial score (nSPS) is 21.0. The molecule has 8 heteroatoms. The Morgan fingerprint density at radius 3 is 2.66 bits per heavy atom. The van der Waals surface area contributed by atoms with Crippen LogP contribution in [0.5, 0.6) is 11.5 Å². The van der Waals surface area contributed by atoms with Gasteiger partial charge >= 0.3 is 6.03 Å². The summed E-state index contributed by atoms with van der Waals surface area (Å²) in [5, 5.41) is 2.65. The quantitative estimate of drug-likeness (QED) is 0.632. The summed E-state index contributed by atoms with van der Waals surface area (Å²) >= 11 is 0. The fourth-order valence-corrected chi connectivity index (χ4v) is 3.41.